The standard InChI is InChI=1S/C15H24N2O2/c1-9-7-12(8-13(16)15(18)17(4)5)10(2)11(3)14(9)19-6/h7,13H,8,16H2,1-6H3. The normalized spacial score (nSPS) is 12.2. The third kappa shape index (κ3) is 3.26. The summed E-state index contributed by atoms with van der Waals surface area (Å²) in [6.07, 6.45) is 0.550. The van der Waals surface area contributed by atoms with Gasteiger partial charge in [-0.2, -0.15) is 0 Å². The molecule has 0 aliphatic rings. The van der Waals surface area contributed by atoms with Crippen molar-refractivity contribution in [3.05, 3.63) is 28.3 Å². The number of aryl methyl sites for hydroxylation is 1. The van der Waals surface area contributed by atoms with Crippen LogP contribution >= 0.6 is 0 Å². The van der Waals surface area contributed by atoms with E-state index >= 15 is 0 Å². The van der Waals surface area contributed by atoms with Gasteiger partial charge in [0, 0.05) is 14.1 Å². The molecule has 1 unspecified atom stereocenters. The first-order valence-corrected chi connectivity index (χ1v) is 6.40. The van der Waals surface area contributed by atoms with E-state index in [4.69, 9.17) is 10.5 Å². The van der Waals surface area contributed by atoms with Gasteiger partial charge in [-0.1, -0.05) is 6.07 Å². The van der Waals surface area contributed by atoms with Crippen molar-refractivity contribution in [2.45, 2.75) is 33.2 Å². The molecule has 1 aromatic carbocycles. The molecular formula is C15H24N2O2. The zero-order chi connectivity index (χ0) is 14.7. The molecule has 0 saturated carbocycles. The maximum Gasteiger partial charge on any atom is 0.239 e. The van der Waals surface area contributed by atoms with E-state index in [1.54, 1.807) is 21.2 Å². The molecule has 1 amide bonds. The SMILES string of the molecule is COc1c(C)cc(CC(N)C(=O)N(C)C)c(C)c1C. The van der Waals surface area contributed by atoms with Gasteiger partial charge < -0.3 is 15.4 Å². The van der Waals surface area contributed by atoms with E-state index < -0.39 is 6.04 Å². The average molecular weight is 264 g/mol. The van der Waals surface area contributed by atoms with Crippen molar-refractivity contribution in [3.8, 4) is 5.75 Å². The topological polar surface area (TPSA) is 55.6 Å². The van der Waals surface area contributed by atoms with Crippen molar-refractivity contribution in [2.24, 2.45) is 5.73 Å². The fraction of sp³-hybridized carbons (Fsp3) is 0.533. The molecule has 0 saturated heterocycles. The summed E-state index contributed by atoms with van der Waals surface area (Å²) in [5.41, 5.74) is 10.4. The van der Waals surface area contributed by atoms with Gasteiger partial charge in [-0.15, -0.1) is 0 Å². The number of ether oxygens (including phenoxy) is 1. The number of hydrogen-bond donors (Lipinski definition) is 1. The van der Waals surface area contributed by atoms with Crippen LogP contribution in [-0.2, 0) is 11.2 Å². The molecule has 1 aromatic rings. The molecule has 0 aromatic heterocycles. The largest absolute Gasteiger partial charge is 0.496 e. The number of amides is 1. The molecule has 1 rings (SSSR count). The number of hydrogen-bond acceptors (Lipinski definition) is 3. The van der Waals surface area contributed by atoms with Gasteiger partial charge in [0.2, 0.25) is 5.91 Å². The number of rotatable bonds is 4. The molecule has 4 nitrogen and oxygen atoms in total. The summed E-state index contributed by atoms with van der Waals surface area (Å²) in [5.74, 6) is 0.860. The van der Waals surface area contributed by atoms with Gasteiger partial charge in [0.05, 0.1) is 13.2 Å². The van der Waals surface area contributed by atoms with Crippen LogP contribution in [0, 0.1) is 20.8 Å². The highest BCUT2D eigenvalue weighted by molar-refractivity contribution is 5.81. The van der Waals surface area contributed by atoms with Crippen molar-refractivity contribution in [2.75, 3.05) is 21.2 Å². The minimum atomic E-state index is -0.499. The fourth-order valence-corrected chi connectivity index (χ4v) is 2.32. The summed E-state index contributed by atoms with van der Waals surface area (Å²) >= 11 is 0. The van der Waals surface area contributed by atoms with E-state index in [-0.39, 0.29) is 5.91 Å². The monoisotopic (exact) mass is 264 g/mol. The molecule has 0 spiro atoms. The van der Waals surface area contributed by atoms with E-state index in [1.807, 2.05) is 20.8 Å². The van der Waals surface area contributed by atoms with Gasteiger partial charge in [-0.05, 0) is 49.4 Å². The first kappa shape index (κ1) is 15.5. The van der Waals surface area contributed by atoms with Crippen LogP contribution in [0.2, 0.25) is 0 Å². The fourth-order valence-electron chi connectivity index (χ4n) is 2.32. The van der Waals surface area contributed by atoms with E-state index in [2.05, 4.69) is 6.07 Å². The van der Waals surface area contributed by atoms with Crippen LogP contribution in [0.3, 0.4) is 0 Å². The molecule has 1 atom stereocenters. The Balaban J connectivity index is 3.06. The first-order chi connectivity index (χ1) is 8.79. The Hall–Kier alpha value is -1.55. The van der Waals surface area contributed by atoms with E-state index in [0.717, 1.165) is 28.0 Å². The molecule has 0 radical (unpaired) electrons. The molecule has 0 fully saturated rings. The second-order valence-corrected chi connectivity index (χ2v) is 5.18. The highest BCUT2D eigenvalue weighted by atomic mass is 16.5. The summed E-state index contributed by atoms with van der Waals surface area (Å²) < 4.78 is 5.40. The summed E-state index contributed by atoms with van der Waals surface area (Å²) in [6, 6.07) is 1.56. The van der Waals surface area contributed by atoms with Crippen LogP contribution in [0.15, 0.2) is 6.07 Å². The van der Waals surface area contributed by atoms with Crippen LogP contribution in [0.4, 0.5) is 0 Å². The van der Waals surface area contributed by atoms with Crippen molar-refractivity contribution in [3.63, 3.8) is 0 Å². The minimum Gasteiger partial charge on any atom is -0.496 e. The van der Waals surface area contributed by atoms with Gasteiger partial charge in [0.1, 0.15) is 5.75 Å². The van der Waals surface area contributed by atoms with Gasteiger partial charge in [0.25, 0.3) is 0 Å². The predicted molar refractivity (Wildman–Crippen MR) is 77.6 cm³/mol. The number of carbonyl (C=O) groups is 1. The van der Waals surface area contributed by atoms with Crippen LogP contribution < -0.4 is 10.5 Å². The average Bonchev–Trinajstić information content (AvgIpc) is 2.35. The zero-order valence-corrected chi connectivity index (χ0v) is 12.7. The number of likely N-dealkylation sites (N-methyl/N-ethyl adjacent to an activating group) is 1. The van der Waals surface area contributed by atoms with Crippen molar-refractivity contribution >= 4 is 5.91 Å². The zero-order valence-electron chi connectivity index (χ0n) is 12.7. The Morgan fingerprint density at radius 1 is 1.32 bits per heavy atom. The number of methoxy groups -OCH3 is 1. The Kier molecular flexibility index (Phi) is 4.95. The van der Waals surface area contributed by atoms with Crippen LogP contribution in [0.1, 0.15) is 22.3 Å². The van der Waals surface area contributed by atoms with E-state index in [9.17, 15) is 4.79 Å². The molecule has 106 valence electrons. The lowest BCUT2D eigenvalue weighted by molar-refractivity contribution is -0.130. The molecule has 2 N–H and O–H groups in total. The molecule has 0 aliphatic heterocycles. The molecule has 19 heavy (non-hydrogen) atoms. The van der Waals surface area contributed by atoms with Crippen molar-refractivity contribution in [1.29, 1.82) is 0 Å². The van der Waals surface area contributed by atoms with Crippen LogP contribution in [0.25, 0.3) is 0 Å². The molecule has 0 bridgehead atoms. The number of carbonyl (C=O) groups excluding carboxylic acids is 1. The van der Waals surface area contributed by atoms with Gasteiger partial charge >= 0.3 is 0 Å². The molecule has 4 heteroatoms. The van der Waals surface area contributed by atoms with Gasteiger partial charge in [-0.3, -0.25) is 4.79 Å². The smallest absolute Gasteiger partial charge is 0.239 e. The Labute approximate surface area is 115 Å². The highest BCUT2D eigenvalue weighted by Crippen LogP contribution is 2.29. The lowest BCUT2D eigenvalue weighted by Crippen LogP contribution is -2.41. The quantitative estimate of drug-likeness (QED) is 0.898. The Bertz CT molecular complexity index is 482. The maximum atomic E-state index is 11.8. The Morgan fingerprint density at radius 3 is 2.37 bits per heavy atom. The van der Waals surface area contributed by atoms with Crippen molar-refractivity contribution in [1.82, 2.24) is 4.90 Å². The summed E-state index contributed by atoms with van der Waals surface area (Å²) in [5, 5.41) is 0. The predicted octanol–water partition coefficient (Wildman–Crippen LogP) is 1.58. The Morgan fingerprint density at radius 2 is 1.89 bits per heavy atom. The molecule has 0 heterocycles. The van der Waals surface area contributed by atoms with Gasteiger partial charge in [-0.25, -0.2) is 0 Å². The minimum absolute atomic E-state index is 0.0504. The third-order valence-corrected chi connectivity index (χ3v) is 3.54. The third-order valence-electron chi connectivity index (χ3n) is 3.54. The highest BCUT2D eigenvalue weighted by Gasteiger charge is 2.19. The number of benzene rings is 1. The number of nitrogens with zero attached hydrogens (tertiary/aromatic N) is 1. The molecule has 0 aliphatic carbocycles. The second-order valence-electron chi connectivity index (χ2n) is 5.18. The van der Waals surface area contributed by atoms with Crippen LogP contribution in [0.5, 0.6) is 5.75 Å². The second kappa shape index (κ2) is 6.06. The maximum absolute atomic E-state index is 11.8. The summed E-state index contributed by atoms with van der Waals surface area (Å²) in [6.45, 7) is 6.08. The van der Waals surface area contributed by atoms with Gasteiger partial charge in [0.15, 0.2) is 0 Å². The van der Waals surface area contributed by atoms with E-state index in [1.165, 1.54) is 4.90 Å². The van der Waals surface area contributed by atoms with E-state index in [0.29, 0.717) is 6.42 Å². The number of nitrogens with two attached hydrogens (primary N) is 1. The summed E-state index contributed by atoms with van der Waals surface area (Å²) in [7, 11) is 5.12. The lowest BCUT2D eigenvalue weighted by Gasteiger charge is -2.20. The lowest BCUT2D eigenvalue weighted by atomic mass is 9.94. The first-order valence-electron chi connectivity index (χ1n) is 6.40. The van der Waals surface area contributed by atoms with Crippen LogP contribution in [-0.4, -0.2) is 38.1 Å². The summed E-state index contributed by atoms with van der Waals surface area (Å²) in [4.78, 5) is 13.4. The van der Waals surface area contributed by atoms with Crippen molar-refractivity contribution < 1.29 is 9.53 Å². The molecular weight excluding hydrogens is 240 g/mol.